The molecule has 0 amide bonds. The van der Waals surface area contributed by atoms with Crippen molar-refractivity contribution < 1.29 is 0 Å². The van der Waals surface area contributed by atoms with Gasteiger partial charge in [0.15, 0.2) is 0 Å². The van der Waals surface area contributed by atoms with Crippen molar-refractivity contribution in [3.63, 3.8) is 0 Å². The van der Waals surface area contributed by atoms with Crippen LogP contribution in [0.5, 0.6) is 0 Å². The molecule has 0 radical (unpaired) electrons. The molecule has 0 aliphatic carbocycles. The summed E-state index contributed by atoms with van der Waals surface area (Å²) >= 11 is 5.51. The molecular formula is C32H20BrNS. The number of nitrogens with zero attached hydrogens (tertiary/aromatic N) is 1. The van der Waals surface area contributed by atoms with Crippen LogP contribution in [0, 0.1) is 0 Å². The Balaban J connectivity index is 1.56. The van der Waals surface area contributed by atoms with Crippen LogP contribution in [-0.2, 0) is 0 Å². The van der Waals surface area contributed by atoms with Crippen molar-refractivity contribution in [3.8, 4) is 27.9 Å². The minimum absolute atomic E-state index is 1.10. The zero-order chi connectivity index (χ0) is 23.4. The molecular weight excluding hydrogens is 510 g/mol. The van der Waals surface area contributed by atoms with Gasteiger partial charge in [0.1, 0.15) is 0 Å². The minimum atomic E-state index is 1.10. The Hall–Kier alpha value is -3.66. The Morgan fingerprint density at radius 3 is 1.91 bits per heavy atom. The molecule has 0 bridgehead atoms. The first kappa shape index (κ1) is 20.7. The third-order valence-corrected chi connectivity index (χ3v) is 8.17. The molecule has 0 atom stereocenters. The molecule has 0 fully saturated rings. The van der Waals surface area contributed by atoms with Crippen molar-refractivity contribution in [3.05, 3.63) is 125 Å². The third-order valence-electron chi connectivity index (χ3n) is 6.73. The second-order valence-electron chi connectivity index (χ2n) is 8.80. The summed E-state index contributed by atoms with van der Waals surface area (Å²) in [5, 5.41) is 7.37. The van der Waals surface area contributed by atoms with Crippen molar-refractivity contribution in [2.45, 2.75) is 0 Å². The van der Waals surface area contributed by atoms with Gasteiger partial charge in [-0.3, -0.25) is 0 Å². The lowest BCUT2D eigenvalue weighted by Gasteiger charge is -2.14. The quantitative estimate of drug-likeness (QED) is 0.214. The van der Waals surface area contributed by atoms with E-state index in [9.17, 15) is 0 Å². The molecule has 5 aromatic carbocycles. The van der Waals surface area contributed by atoms with Crippen LogP contribution in [0.15, 0.2) is 125 Å². The van der Waals surface area contributed by atoms with Gasteiger partial charge in [0, 0.05) is 37.2 Å². The molecule has 0 spiro atoms. The van der Waals surface area contributed by atoms with E-state index in [0.717, 1.165) is 4.47 Å². The summed E-state index contributed by atoms with van der Waals surface area (Å²) in [6.45, 7) is 0. The van der Waals surface area contributed by atoms with Crippen LogP contribution in [0.25, 0.3) is 59.7 Å². The van der Waals surface area contributed by atoms with Crippen molar-refractivity contribution in [1.29, 1.82) is 0 Å². The standard InChI is InChI=1S/C32H20BrNS/c33-25-11-12-27-30(20-25)28-14-16-35-32(28)29-13-15-34(31(27)29)26-18-23(21-7-3-1-4-8-21)17-24(19-26)22-9-5-2-6-10-22/h1-20H. The second kappa shape index (κ2) is 8.23. The van der Waals surface area contributed by atoms with Crippen molar-refractivity contribution in [2.75, 3.05) is 0 Å². The van der Waals surface area contributed by atoms with Crippen LogP contribution in [0.1, 0.15) is 0 Å². The zero-order valence-electron chi connectivity index (χ0n) is 18.8. The summed E-state index contributed by atoms with van der Waals surface area (Å²) in [6, 6.07) is 39.4. The van der Waals surface area contributed by atoms with E-state index in [-0.39, 0.29) is 0 Å². The second-order valence-corrected chi connectivity index (χ2v) is 10.6. The van der Waals surface area contributed by atoms with E-state index < -0.39 is 0 Å². The topological polar surface area (TPSA) is 4.93 Å². The Bertz CT molecular complexity index is 1790. The lowest BCUT2D eigenvalue weighted by Crippen LogP contribution is -1.95. The molecule has 35 heavy (non-hydrogen) atoms. The molecule has 0 unspecified atom stereocenters. The van der Waals surface area contributed by atoms with E-state index in [1.54, 1.807) is 0 Å². The molecule has 0 saturated heterocycles. The average molecular weight is 530 g/mol. The molecule has 2 aromatic heterocycles. The van der Waals surface area contributed by atoms with Gasteiger partial charge in [-0.2, -0.15) is 0 Å². The van der Waals surface area contributed by atoms with Gasteiger partial charge in [0.05, 0.1) is 5.52 Å². The fraction of sp³-hybridized carbons (Fsp3) is 0. The minimum Gasteiger partial charge on any atom is -0.316 e. The summed E-state index contributed by atoms with van der Waals surface area (Å²) in [5.41, 5.74) is 7.29. The molecule has 2 heterocycles. The van der Waals surface area contributed by atoms with Gasteiger partial charge in [-0.15, -0.1) is 11.3 Å². The molecule has 0 N–H and O–H groups in total. The van der Waals surface area contributed by atoms with E-state index in [0.29, 0.717) is 0 Å². The number of thiophene rings is 1. The van der Waals surface area contributed by atoms with Crippen LogP contribution in [-0.4, -0.2) is 4.57 Å². The highest BCUT2D eigenvalue weighted by molar-refractivity contribution is 9.10. The van der Waals surface area contributed by atoms with Crippen LogP contribution in [0.2, 0.25) is 0 Å². The molecule has 0 aliphatic rings. The number of hydrogen-bond acceptors (Lipinski definition) is 1. The fourth-order valence-corrected chi connectivity index (χ4v) is 6.42. The highest BCUT2D eigenvalue weighted by atomic mass is 79.9. The summed E-state index contributed by atoms with van der Waals surface area (Å²) in [6.07, 6.45) is 2.23. The van der Waals surface area contributed by atoms with E-state index in [2.05, 4.69) is 141 Å². The fourth-order valence-electron chi connectivity index (χ4n) is 5.13. The Morgan fingerprint density at radius 1 is 0.543 bits per heavy atom. The van der Waals surface area contributed by atoms with Gasteiger partial charge in [-0.05, 0) is 75.5 Å². The third kappa shape index (κ3) is 3.43. The maximum Gasteiger partial charge on any atom is 0.0621 e. The number of hydrogen-bond donors (Lipinski definition) is 0. The van der Waals surface area contributed by atoms with Crippen LogP contribution in [0.3, 0.4) is 0 Å². The summed E-state index contributed by atoms with van der Waals surface area (Å²) in [5.74, 6) is 0. The summed E-state index contributed by atoms with van der Waals surface area (Å²) < 4.78 is 4.81. The predicted octanol–water partition coefficient (Wildman–Crippen LogP) is 10.1. The Kier molecular flexibility index (Phi) is 4.86. The lowest BCUT2D eigenvalue weighted by atomic mass is 9.98. The van der Waals surface area contributed by atoms with Gasteiger partial charge < -0.3 is 4.57 Å². The average Bonchev–Trinajstić information content (AvgIpc) is 3.57. The summed E-state index contributed by atoms with van der Waals surface area (Å²) in [4.78, 5) is 0. The normalized spacial score (nSPS) is 11.6. The largest absolute Gasteiger partial charge is 0.316 e. The highest BCUT2D eigenvalue weighted by Gasteiger charge is 2.16. The first-order valence-corrected chi connectivity index (χ1v) is 13.3. The lowest BCUT2D eigenvalue weighted by molar-refractivity contribution is 1.13. The molecule has 1 nitrogen and oxygen atoms in total. The van der Waals surface area contributed by atoms with Crippen molar-refractivity contribution in [2.24, 2.45) is 0 Å². The molecule has 166 valence electrons. The zero-order valence-corrected chi connectivity index (χ0v) is 21.2. The first-order chi connectivity index (χ1) is 17.3. The van der Waals surface area contributed by atoms with E-state index >= 15 is 0 Å². The van der Waals surface area contributed by atoms with E-state index in [1.165, 1.54) is 59.7 Å². The van der Waals surface area contributed by atoms with Crippen molar-refractivity contribution >= 4 is 59.0 Å². The highest BCUT2D eigenvalue weighted by Crippen LogP contribution is 2.41. The number of fused-ring (bicyclic) bond motifs is 6. The van der Waals surface area contributed by atoms with Crippen LogP contribution >= 0.6 is 27.3 Å². The van der Waals surface area contributed by atoms with Crippen LogP contribution in [0.4, 0.5) is 0 Å². The molecule has 7 rings (SSSR count). The smallest absolute Gasteiger partial charge is 0.0621 e. The molecule has 0 saturated carbocycles. The van der Waals surface area contributed by atoms with E-state index in [4.69, 9.17) is 0 Å². The SMILES string of the molecule is Brc1ccc2c(c1)c1ccsc1c1ccn(-c3cc(-c4ccccc4)cc(-c4ccccc4)c3)c21. The maximum atomic E-state index is 3.69. The summed E-state index contributed by atoms with van der Waals surface area (Å²) in [7, 11) is 0. The first-order valence-electron chi connectivity index (χ1n) is 11.6. The molecule has 0 aliphatic heterocycles. The van der Waals surface area contributed by atoms with Crippen LogP contribution < -0.4 is 0 Å². The maximum absolute atomic E-state index is 3.69. The number of benzene rings is 5. The monoisotopic (exact) mass is 529 g/mol. The van der Waals surface area contributed by atoms with Gasteiger partial charge >= 0.3 is 0 Å². The number of aromatic nitrogens is 1. The van der Waals surface area contributed by atoms with Gasteiger partial charge in [0.25, 0.3) is 0 Å². The Labute approximate surface area is 216 Å². The molecule has 3 heteroatoms. The van der Waals surface area contributed by atoms with Crippen molar-refractivity contribution in [1.82, 2.24) is 4.57 Å². The predicted molar refractivity (Wildman–Crippen MR) is 155 cm³/mol. The van der Waals surface area contributed by atoms with Gasteiger partial charge in [0.2, 0.25) is 0 Å². The number of halogens is 1. The van der Waals surface area contributed by atoms with Gasteiger partial charge in [-0.1, -0.05) is 82.7 Å². The van der Waals surface area contributed by atoms with Gasteiger partial charge in [-0.25, -0.2) is 0 Å². The molecule has 7 aromatic rings. The number of rotatable bonds is 3. The van der Waals surface area contributed by atoms with E-state index in [1.807, 2.05) is 11.3 Å². The Morgan fingerprint density at radius 2 is 1.23 bits per heavy atom.